The number of nitrogens with zero attached hydrogens (tertiary/aromatic N) is 1. The first-order valence-corrected chi connectivity index (χ1v) is 7.82. The van der Waals surface area contributed by atoms with Crippen LogP contribution >= 0.6 is 11.3 Å². The zero-order valence-corrected chi connectivity index (χ0v) is 12.4. The summed E-state index contributed by atoms with van der Waals surface area (Å²) in [5.41, 5.74) is 3.35. The van der Waals surface area contributed by atoms with Crippen LogP contribution in [0.3, 0.4) is 0 Å². The Bertz CT molecular complexity index is 681. The predicted molar refractivity (Wildman–Crippen MR) is 80.2 cm³/mol. The van der Waals surface area contributed by atoms with Crippen molar-refractivity contribution >= 4 is 17.6 Å². The lowest BCUT2D eigenvalue weighted by atomic mass is 10.0. The summed E-state index contributed by atoms with van der Waals surface area (Å²) in [7, 11) is 0. The number of fused-ring (bicyclic) bond motifs is 1. The van der Waals surface area contributed by atoms with Crippen LogP contribution in [-0.4, -0.2) is 10.9 Å². The summed E-state index contributed by atoms with van der Waals surface area (Å²) in [6.07, 6.45) is 5.36. The van der Waals surface area contributed by atoms with E-state index >= 15 is 0 Å². The zero-order chi connectivity index (χ0) is 14.1. The van der Waals surface area contributed by atoms with Crippen LogP contribution in [0.2, 0.25) is 0 Å². The van der Waals surface area contributed by atoms with Gasteiger partial charge >= 0.3 is 0 Å². The molecule has 0 aliphatic heterocycles. The van der Waals surface area contributed by atoms with Crippen LogP contribution < -0.4 is 4.80 Å². The second-order valence-corrected chi connectivity index (χ2v) is 6.43. The summed E-state index contributed by atoms with van der Waals surface area (Å²) >= 11 is 1.53. The number of hydrogen-bond acceptors (Lipinski definition) is 3. The van der Waals surface area contributed by atoms with Crippen LogP contribution in [0.25, 0.3) is 0 Å². The molecule has 1 aliphatic carbocycles. The Balaban J connectivity index is 2.10. The van der Waals surface area contributed by atoms with Crippen molar-refractivity contribution in [2.45, 2.75) is 38.6 Å². The molecule has 3 nitrogen and oxygen atoms in total. The highest BCUT2D eigenvalue weighted by molar-refractivity contribution is 7.09. The number of aryl methyl sites for hydroxylation is 2. The minimum absolute atomic E-state index is 0.360. The van der Waals surface area contributed by atoms with Gasteiger partial charge in [0.2, 0.25) is 0 Å². The molecule has 20 heavy (non-hydrogen) atoms. The molecule has 0 bridgehead atoms. The van der Waals surface area contributed by atoms with E-state index in [1.807, 2.05) is 35.8 Å². The molecule has 1 atom stereocenters. The highest BCUT2D eigenvalue weighted by Crippen LogP contribution is 2.27. The largest absolute Gasteiger partial charge is 0.307 e. The highest BCUT2D eigenvalue weighted by atomic mass is 32.1. The monoisotopic (exact) mass is 286 g/mol. The molecule has 0 radical (unpaired) electrons. The number of aromatic nitrogens is 1. The molecule has 4 heteroatoms. The molecule has 0 saturated carbocycles. The molecule has 1 heterocycles. The van der Waals surface area contributed by atoms with Gasteiger partial charge in [0, 0.05) is 10.6 Å². The number of carbonyl (C=O) groups is 1. The summed E-state index contributed by atoms with van der Waals surface area (Å²) in [5, 5.41) is 8.21. The van der Waals surface area contributed by atoms with Crippen molar-refractivity contribution in [2.75, 3.05) is 0 Å². The second kappa shape index (κ2) is 5.37. The first-order chi connectivity index (χ1) is 9.70. The van der Waals surface area contributed by atoms with E-state index in [2.05, 4.69) is 0 Å². The van der Waals surface area contributed by atoms with Crippen LogP contribution in [0.5, 0.6) is 0 Å². The fourth-order valence-electron chi connectivity index (χ4n) is 2.86. The van der Waals surface area contributed by atoms with Gasteiger partial charge in [-0.2, -0.15) is 0 Å². The van der Waals surface area contributed by atoms with Crippen molar-refractivity contribution in [1.82, 2.24) is 4.57 Å². The van der Waals surface area contributed by atoms with Crippen molar-refractivity contribution in [1.29, 1.82) is 5.41 Å². The van der Waals surface area contributed by atoms with Crippen molar-refractivity contribution < 1.29 is 4.79 Å². The van der Waals surface area contributed by atoms with Crippen molar-refractivity contribution in [3.63, 3.8) is 0 Å². The Labute approximate surface area is 122 Å². The summed E-state index contributed by atoms with van der Waals surface area (Å²) in [4.78, 5) is 13.4. The van der Waals surface area contributed by atoms with Crippen molar-refractivity contribution in [3.8, 4) is 0 Å². The third-order valence-corrected chi connectivity index (χ3v) is 5.02. The maximum Gasteiger partial charge on any atom is 0.183 e. The lowest BCUT2D eigenvalue weighted by Crippen LogP contribution is -2.25. The Morgan fingerprint density at radius 2 is 1.95 bits per heavy atom. The van der Waals surface area contributed by atoms with E-state index in [1.54, 1.807) is 0 Å². The molecule has 0 fully saturated rings. The van der Waals surface area contributed by atoms with Gasteiger partial charge < -0.3 is 9.36 Å². The van der Waals surface area contributed by atoms with E-state index in [4.69, 9.17) is 5.41 Å². The molecular formula is C16H18N2OS. The van der Waals surface area contributed by atoms with Gasteiger partial charge in [0.05, 0.1) is 0 Å². The van der Waals surface area contributed by atoms with Crippen LogP contribution in [0.4, 0.5) is 0 Å². The van der Waals surface area contributed by atoms with Crippen molar-refractivity contribution in [2.24, 2.45) is 0 Å². The maximum atomic E-state index is 11.6. The molecule has 1 N–H and O–H groups in total. The fraction of sp³-hybridized carbons (Fsp3) is 0.375. The molecule has 0 saturated heterocycles. The predicted octanol–water partition coefficient (Wildman–Crippen LogP) is 3.00. The molecule has 2 aromatic rings. The van der Waals surface area contributed by atoms with E-state index in [-0.39, 0.29) is 6.04 Å². The van der Waals surface area contributed by atoms with Gasteiger partial charge in [0.25, 0.3) is 0 Å². The standard InChI is InChI=1S/C16H18N2OS/c1-11-6-8-12(9-7-11)14(10-19)18-13-4-2-3-5-15(13)20-16(18)17/h6-10,14,17H,2-5H2,1H3/t14-/m1/s1. The third-order valence-electron chi connectivity index (χ3n) is 3.94. The SMILES string of the molecule is Cc1ccc([C@@H](C=O)n2c3c(sc2=N)CCCC3)cc1. The van der Waals surface area contributed by atoms with E-state index in [0.29, 0.717) is 4.80 Å². The van der Waals surface area contributed by atoms with E-state index < -0.39 is 0 Å². The van der Waals surface area contributed by atoms with Crippen molar-refractivity contribution in [3.05, 3.63) is 50.8 Å². The summed E-state index contributed by atoms with van der Waals surface area (Å²) < 4.78 is 1.93. The molecular weight excluding hydrogens is 268 g/mol. The zero-order valence-electron chi connectivity index (χ0n) is 11.6. The number of benzene rings is 1. The maximum absolute atomic E-state index is 11.6. The molecule has 104 valence electrons. The quantitative estimate of drug-likeness (QED) is 0.866. The number of nitrogens with one attached hydrogen (secondary N) is 1. The first kappa shape index (κ1) is 13.3. The number of carbonyl (C=O) groups excluding carboxylic acids is 1. The average Bonchev–Trinajstić information content (AvgIpc) is 2.79. The Hall–Kier alpha value is -1.68. The van der Waals surface area contributed by atoms with E-state index in [0.717, 1.165) is 31.1 Å². The lowest BCUT2D eigenvalue weighted by Gasteiger charge is -2.19. The molecule has 0 amide bonds. The highest BCUT2D eigenvalue weighted by Gasteiger charge is 2.22. The normalized spacial score (nSPS) is 15.7. The number of hydrogen-bond donors (Lipinski definition) is 1. The van der Waals surface area contributed by atoms with Crippen LogP contribution in [0.1, 0.15) is 40.6 Å². The van der Waals surface area contributed by atoms with Gasteiger partial charge in [0.15, 0.2) is 4.80 Å². The van der Waals surface area contributed by atoms with Crippen LogP contribution in [-0.2, 0) is 17.6 Å². The van der Waals surface area contributed by atoms with Crippen LogP contribution in [0.15, 0.2) is 24.3 Å². The molecule has 3 rings (SSSR count). The first-order valence-electron chi connectivity index (χ1n) is 7.00. The average molecular weight is 286 g/mol. The number of aldehydes is 1. The summed E-state index contributed by atoms with van der Waals surface area (Å²) in [5.74, 6) is 0. The Kier molecular flexibility index (Phi) is 3.57. The van der Waals surface area contributed by atoms with E-state index in [1.165, 1.54) is 33.9 Å². The molecule has 0 unspecified atom stereocenters. The van der Waals surface area contributed by atoms with Gasteiger partial charge in [-0.25, -0.2) is 0 Å². The fourth-order valence-corrected chi connectivity index (χ4v) is 3.98. The molecule has 1 aromatic heterocycles. The molecule has 1 aliphatic rings. The second-order valence-electron chi connectivity index (χ2n) is 5.35. The van der Waals surface area contributed by atoms with Crippen LogP contribution in [0, 0.1) is 12.3 Å². The van der Waals surface area contributed by atoms with Gasteiger partial charge in [0.1, 0.15) is 12.3 Å². The lowest BCUT2D eigenvalue weighted by molar-refractivity contribution is -0.109. The number of rotatable bonds is 3. The Morgan fingerprint density at radius 3 is 2.65 bits per heavy atom. The third kappa shape index (κ3) is 2.24. The van der Waals surface area contributed by atoms with Gasteiger partial charge in [-0.1, -0.05) is 29.8 Å². The molecule has 0 spiro atoms. The topological polar surface area (TPSA) is 45.9 Å². The van der Waals surface area contributed by atoms with Gasteiger partial charge in [-0.05, 0) is 38.2 Å². The smallest absolute Gasteiger partial charge is 0.183 e. The minimum atomic E-state index is -0.360. The van der Waals surface area contributed by atoms with E-state index in [9.17, 15) is 4.79 Å². The Morgan fingerprint density at radius 1 is 1.25 bits per heavy atom. The van der Waals surface area contributed by atoms with Gasteiger partial charge in [-0.15, -0.1) is 11.3 Å². The summed E-state index contributed by atoms with van der Waals surface area (Å²) in [6.45, 7) is 2.04. The molecule has 1 aromatic carbocycles. The minimum Gasteiger partial charge on any atom is -0.307 e. The van der Waals surface area contributed by atoms with Gasteiger partial charge in [-0.3, -0.25) is 5.41 Å². The summed E-state index contributed by atoms with van der Waals surface area (Å²) in [6, 6.07) is 7.67. The number of thiazole rings is 1.